The number of ether oxygens (including phenoxy) is 1. The highest BCUT2D eigenvalue weighted by atomic mass is 35.5. The minimum absolute atomic E-state index is 0.337. The van der Waals surface area contributed by atoms with E-state index in [2.05, 4.69) is 10.2 Å². The van der Waals surface area contributed by atoms with Crippen LogP contribution in [0.3, 0.4) is 0 Å². The maximum absolute atomic E-state index is 13.1. The van der Waals surface area contributed by atoms with Crippen molar-refractivity contribution < 1.29 is 9.13 Å². The maximum atomic E-state index is 13.1. The van der Waals surface area contributed by atoms with Crippen LogP contribution in [0.25, 0.3) is 0 Å². The molecule has 148 valence electrons. The monoisotopic (exact) mass is 439 g/mol. The summed E-state index contributed by atoms with van der Waals surface area (Å²) in [6.07, 6.45) is 1.58. The number of aromatic nitrogens is 3. The highest BCUT2D eigenvalue weighted by Crippen LogP contribution is 2.26. The Morgan fingerprint density at radius 3 is 2.71 bits per heavy atom. The molecule has 1 heterocycles. The SMILES string of the molecule is Cc1cc(Cl)ccc1OCCCc1nnc(SCc2ccc(F)cc2Cl)n1C. The summed E-state index contributed by atoms with van der Waals surface area (Å²) in [6, 6.07) is 10.0. The van der Waals surface area contributed by atoms with Crippen molar-refractivity contribution in [3.8, 4) is 5.75 Å². The largest absolute Gasteiger partial charge is 0.493 e. The van der Waals surface area contributed by atoms with Gasteiger partial charge in [-0.2, -0.15) is 0 Å². The number of thioether (sulfide) groups is 1. The fourth-order valence-corrected chi connectivity index (χ4v) is 4.13. The molecule has 0 saturated carbocycles. The van der Waals surface area contributed by atoms with E-state index >= 15 is 0 Å². The molecule has 3 rings (SSSR count). The Labute approximate surface area is 178 Å². The Balaban J connectivity index is 1.50. The lowest BCUT2D eigenvalue weighted by molar-refractivity contribution is 0.307. The predicted octanol–water partition coefficient (Wildman–Crippen LogP) is 5.87. The van der Waals surface area contributed by atoms with E-state index in [0.29, 0.717) is 22.4 Å². The Bertz CT molecular complexity index is 965. The number of halogens is 3. The van der Waals surface area contributed by atoms with Crippen molar-refractivity contribution in [1.29, 1.82) is 0 Å². The van der Waals surface area contributed by atoms with Crippen molar-refractivity contribution in [1.82, 2.24) is 14.8 Å². The van der Waals surface area contributed by atoms with E-state index in [0.717, 1.165) is 40.7 Å². The molecule has 0 aliphatic rings. The van der Waals surface area contributed by atoms with Crippen molar-refractivity contribution in [3.63, 3.8) is 0 Å². The first-order valence-corrected chi connectivity index (χ1v) is 10.5. The highest BCUT2D eigenvalue weighted by molar-refractivity contribution is 7.98. The molecular formula is C20H20Cl2FN3OS. The van der Waals surface area contributed by atoms with Crippen LogP contribution in [0.15, 0.2) is 41.6 Å². The molecule has 8 heteroatoms. The third-order valence-electron chi connectivity index (χ3n) is 4.24. The molecular weight excluding hydrogens is 420 g/mol. The molecule has 0 aliphatic carbocycles. The van der Waals surface area contributed by atoms with Gasteiger partial charge in [-0.15, -0.1) is 10.2 Å². The zero-order valence-corrected chi connectivity index (χ0v) is 17.9. The Hall–Kier alpha value is -1.76. The molecule has 0 radical (unpaired) electrons. The van der Waals surface area contributed by atoms with E-state index in [4.69, 9.17) is 27.9 Å². The molecule has 0 bridgehead atoms. The van der Waals surface area contributed by atoms with Crippen LogP contribution in [-0.2, 0) is 19.2 Å². The minimum Gasteiger partial charge on any atom is -0.493 e. The summed E-state index contributed by atoms with van der Waals surface area (Å²) in [4.78, 5) is 0. The van der Waals surface area contributed by atoms with Gasteiger partial charge >= 0.3 is 0 Å². The number of benzene rings is 2. The number of nitrogens with zero attached hydrogens (tertiary/aromatic N) is 3. The molecule has 4 nitrogen and oxygen atoms in total. The summed E-state index contributed by atoms with van der Waals surface area (Å²) in [5, 5.41) is 10.4. The van der Waals surface area contributed by atoms with Crippen molar-refractivity contribution in [2.24, 2.45) is 7.05 Å². The van der Waals surface area contributed by atoms with Gasteiger partial charge in [0.05, 0.1) is 6.61 Å². The standard InChI is InChI=1S/C20H20Cl2FN3OS/c1-13-10-15(21)6-8-18(13)27-9-3-4-19-24-25-20(26(19)2)28-12-14-5-7-16(23)11-17(14)22/h5-8,10-11H,3-4,9,12H2,1-2H3. The van der Waals surface area contributed by atoms with Gasteiger partial charge in [0, 0.05) is 29.3 Å². The van der Waals surface area contributed by atoms with Gasteiger partial charge in [0.25, 0.3) is 0 Å². The van der Waals surface area contributed by atoms with Gasteiger partial charge < -0.3 is 9.30 Å². The first-order chi connectivity index (χ1) is 13.4. The first-order valence-electron chi connectivity index (χ1n) is 8.78. The van der Waals surface area contributed by atoms with Crippen LogP contribution in [0.4, 0.5) is 4.39 Å². The summed E-state index contributed by atoms with van der Waals surface area (Å²) in [7, 11) is 1.94. The molecule has 28 heavy (non-hydrogen) atoms. The fraction of sp³-hybridized carbons (Fsp3) is 0.300. The Morgan fingerprint density at radius 1 is 1.14 bits per heavy atom. The van der Waals surface area contributed by atoms with Gasteiger partial charge in [0.1, 0.15) is 17.4 Å². The van der Waals surface area contributed by atoms with E-state index < -0.39 is 0 Å². The zero-order chi connectivity index (χ0) is 20.1. The lowest BCUT2D eigenvalue weighted by Gasteiger charge is -2.09. The lowest BCUT2D eigenvalue weighted by Crippen LogP contribution is -2.04. The van der Waals surface area contributed by atoms with Crippen molar-refractivity contribution in [2.45, 2.75) is 30.7 Å². The second-order valence-electron chi connectivity index (χ2n) is 6.34. The van der Waals surface area contributed by atoms with Crippen LogP contribution < -0.4 is 4.74 Å². The number of rotatable bonds is 8. The van der Waals surface area contributed by atoms with Crippen molar-refractivity contribution in [3.05, 3.63) is 69.2 Å². The molecule has 1 aromatic heterocycles. The molecule has 0 amide bonds. The maximum Gasteiger partial charge on any atom is 0.191 e. The van der Waals surface area contributed by atoms with Crippen LogP contribution >= 0.6 is 35.0 Å². The number of aryl methyl sites for hydroxylation is 2. The Kier molecular flexibility index (Phi) is 7.21. The van der Waals surface area contributed by atoms with Gasteiger partial charge in [-0.05, 0) is 54.8 Å². The second-order valence-corrected chi connectivity index (χ2v) is 8.13. The number of hydrogen-bond donors (Lipinski definition) is 0. The van der Waals surface area contributed by atoms with Crippen LogP contribution in [0, 0.1) is 12.7 Å². The molecule has 0 fully saturated rings. The van der Waals surface area contributed by atoms with E-state index in [1.165, 1.54) is 23.9 Å². The summed E-state index contributed by atoms with van der Waals surface area (Å²) < 4.78 is 20.9. The van der Waals surface area contributed by atoms with Crippen LogP contribution in [0.2, 0.25) is 10.0 Å². The summed E-state index contributed by atoms with van der Waals surface area (Å²) in [6.45, 7) is 2.56. The third kappa shape index (κ3) is 5.40. The van der Waals surface area contributed by atoms with E-state index in [1.807, 2.05) is 36.7 Å². The van der Waals surface area contributed by atoms with Gasteiger partial charge in [-0.25, -0.2) is 4.39 Å². The predicted molar refractivity (Wildman–Crippen MR) is 112 cm³/mol. The summed E-state index contributed by atoms with van der Waals surface area (Å²) >= 11 is 13.6. The molecule has 3 aromatic rings. The van der Waals surface area contributed by atoms with Gasteiger partial charge in [0.2, 0.25) is 0 Å². The van der Waals surface area contributed by atoms with Gasteiger partial charge in [-0.3, -0.25) is 0 Å². The molecule has 0 spiro atoms. The lowest BCUT2D eigenvalue weighted by atomic mass is 10.2. The normalized spacial score (nSPS) is 11.0. The van der Waals surface area contributed by atoms with Crippen LogP contribution in [0.1, 0.15) is 23.4 Å². The third-order valence-corrected chi connectivity index (χ3v) is 5.89. The molecule has 0 aliphatic heterocycles. The van der Waals surface area contributed by atoms with Crippen LogP contribution in [-0.4, -0.2) is 21.4 Å². The topological polar surface area (TPSA) is 39.9 Å². The van der Waals surface area contributed by atoms with E-state index in [9.17, 15) is 4.39 Å². The highest BCUT2D eigenvalue weighted by Gasteiger charge is 2.11. The van der Waals surface area contributed by atoms with Gasteiger partial charge in [-0.1, -0.05) is 41.0 Å². The molecule has 0 N–H and O–H groups in total. The smallest absolute Gasteiger partial charge is 0.191 e. The van der Waals surface area contributed by atoms with Crippen molar-refractivity contribution >= 4 is 35.0 Å². The first kappa shape index (κ1) is 21.0. The van der Waals surface area contributed by atoms with E-state index in [-0.39, 0.29) is 5.82 Å². The second kappa shape index (κ2) is 9.63. The summed E-state index contributed by atoms with van der Waals surface area (Å²) in [5.41, 5.74) is 1.88. The van der Waals surface area contributed by atoms with Crippen molar-refractivity contribution in [2.75, 3.05) is 6.61 Å². The van der Waals surface area contributed by atoms with E-state index in [1.54, 1.807) is 6.07 Å². The van der Waals surface area contributed by atoms with Gasteiger partial charge in [0.15, 0.2) is 5.16 Å². The molecule has 0 saturated heterocycles. The number of hydrogen-bond acceptors (Lipinski definition) is 4. The minimum atomic E-state index is -0.337. The molecule has 0 unspecified atom stereocenters. The zero-order valence-electron chi connectivity index (χ0n) is 15.6. The average molecular weight is 440 g/mol. The molecule has 2 aromatic carbocycles. The quantitative estimate of drug-likeness (QED) is 0.324. The fourth-order valence-electron chi connectivity index (χ4n) is 2.66. The molecule has 0 atom stereocenters. The average Bonchev–Trinajstić information content (AvgIpc) is 2.99. The van der Waals surface area contributed by atoms with Crippen LogP contribution in [0.5, 0.6) is 5.75 Å². The summed E-state index contributed by atoms with van der Waals surface area (Å²) in [5.74, 6) is 2.00. The Morgan fingerprint density at radius 2 is 1.96 bits per heavy atom.